The lowest BCUT2D eigenvalue weighted by molar-refractivity contribution is -0.139. The lowest BCUT2D eigenvalue weighted by Crippen LogP contribution is -2.40. The van der Waals surface area contributed by atoms with Crippen LogP contribution in [0.3, 0.4) is 0 Å². The standard InChI is InChI=1S/C13H16N4O3/c1-2-3-4-10(13(19)20)14-12(18)8-5-6-9-11(7-8)16-17-15-9/h5-7,10H,2-4H2,1H3,(H,14,18)(H,19,20)(H,15,16,17)/t10-/m0/s1. The molecule has 1 atom stereocenters. The Morgan fingerprint density at radius 3 is 2.80 bits per heavy atom. The van der Waals surface area contributed by atoms with Gasteiger partial charge in [-0.1, -0.05) is 19.8 Å². The third kappa shape index (κ3) is 3.11. The van der Waals surface area contributed by atoms with Crippen molar-refractivity contribution in [3.63, 3.8) is 0 Å². The Morgan fingerprint density at radius 1 is 1.35 bits per heavy atom. The number of unbranched alkanes of at least 4 members (excludes halogenated alkanes) is 1. The molecule has 0 aliphatic carbocycles. The summed E-state index contributed by atoms with van der Waals surface area (Å²) >= 11 is 0. The predicted octanol–water partition coefficient (Wildman–Crippen LogP) is 1.33. The van der Waals surface area contributed by atoms with E-state index in [1.165, 1.54) is 0 Å². The van der Waals surface area contributed by atoms with Crippen molar-refractivity contribution in [1.82, 2.24) is 20.7 Å². The van der Waals surface area contributed by atoms with Crippen LogP contribution in [0.2, 0.25) is 0 Å². The van der Waals surface area contributed by atoms with E-state index in [1.54, 1.807) is 18.2 Å². The quantitative estimate of drug-likeness (QED) is 0.737. The first-order valence-electron chi connectivity index (χ1n) is 6.46. The predicted molar refractivity (Wildman–Crippen MR) is 72.3 cm³/mol. The number of aliphatic carboxylic acids is 1. The summed E-state index contributed by atoms with van der Waals surface area (Å²) in [6, 6.07) is 3.97. The van der Waals surface area contributed by atoms with Crippen LogP contribution in [0, 0.1) is 0 Å². The highest BCUT2D eigenvalue weighted by molar-refractivity contribution is 5.98. The van der Waals surface area contributed by atoms with E-state index in [0.717, 1.165) is 12.8 Å². The molecule has 20 heavy (non-hydrogen) atoms. The fourth-order valence-electron chi connectivity index (χ4n) is 1.89. The largest absolute Gasteiger partial charge is 0.480 e. The van der Waals surface area contributed by atoms with Crippen molar-refractivity contribution >= 4 is 22.9 Å². The van der Waals surface area contributed by atoms with Gasteiger partial charge in [-0.2, -0.15) is 15.4 Å². The molecule has 0 fully saturated rings. The van der Waals surface area contributed by atoms with Gasteiger partial charge in [-0.15, -0.1) is 0 Å². The molecular formula is C13H16N4O3. The van der Waals surface area contributed by atoms with Crippen LogP contribution in [0.4, 0.5) is 0 Å². The van der Waals surface area contributed by atoms with Crippen molar-refractivity contribution < 1.29 is 14.7 Å². The van der Waals surface area contributed by atoms with E-state index in [-0.39, 0.29) is 0 Å². The zero-order valence-electron chi connectivity index (χ0n) is 11.1. The molecule has 1 heterocycles. The van der Waals surface area contributed by atoms with Gasteiger partial charge in [-0.3, -0.25) is 4.79 Å². The molecule has 0 saturated carbocycles. The molecule has 2 aromatic rings. The zero-order valence-corrected chi connectivity index (χ0v) is 11.1. The first-order valence-corrected chi connectivity index (χ1v) is 6.46. The number of carboxylic acid groups (broad SMARTS) is 1. The molecule has 2 rings (SSSR count). The summed E-state index contributed by atoms with van der Waals surface area (Å²) in [7, 11) is 0. The van der Waals surface area contributed by atoms with Crippen LogP contribution in [0.15, 0.2) is 18.2 Å². The monoisotopic (exact) mass is 276 g/mol. The van der Waals surface area contributed by atoms with Gasteiger partial charge in [-0.25, -0.2) is 4.79 Å². The van der Waals surface area contributed by atoms with Crippen LogP contribution in [-0.4, -0.2) is 38.4 Å². The molecule has 0 spiro atoms. The Kier molecular flexibility index (Phi) is 4.29. The van der Waals surface area contributed by atoms with E-state index in [1.807, 2.05) is 6.92 Å². The van der Waals surface area contributed by atoms with Gasteiger partial charge in [0.25, 0.3) is 5.91 Å². The average molecular weight is 276 g/mol. The normalized spacial score (nSPS) is 12.2. The first kappa shape index (κ1) is 14.0. The van der Waals surface area contributed by atoms with Crippen molar-refractivity contribution in [3.05, 3.63) is 23.8 Å². The maximum atomic E-state index is 12.1. The number of hydrogen-bond acceptors (Lipinski definition) is 4. The van der Waals surface area contributed by atoms with Crippen molar-refractivity contribution in [1.29, 1.82) is 0 Å². The number of H-pyrrole nitrogens is 1. The number of carbonyl (C=O) groups is 2. The Bertz CT molecular complexity index is 623. The number of hydrogen-bond donors (Lipinski definition) is 3. The number of benzene rings is 1. The van der Waals surface area contributed by atoms with Crippen LogP contribution >= 0.6 is 0 Å². The Balaban J connectivity index is 2.10. The maximum Gasteiger partial charge on any atom is 0.326 e. The lowest BCUT2D eigenvalue weighted by atomic mass is 10.1. The topological polar surface area (TPSA) is 108 Å². The second-order valence-electron chi connectivity index (χ2n) is 4.53. The van der Waals surface area contributed by atoms with E-state index >= 15 is 0 Å². The Morgan fingerprint density at radius 2 is 2.10 bits per heavy atom. The molecule has 7 heteroatoms. The fourth-order valence-corrected chi connectivity index (χ4v) is 1.89. The summed E-state index contributed by atoms with van der Waals surface area (Å²) in [6.07, 6.45) is 2.05. The molecule has 7 nitrogen and oxygen atoms in total. The van der Waals surface area contributed by atoms with E-state index in [9.17, 15) is 9.59 Å². The van der Waals surface area contributed by atoms with Crippen LogP contribution in [0.5, 0.6) is 0 Å². The highest BCUT2D eigenvalue weighted by Gasteiger charge is 2.20. The van der Waals surface area contributed by atoms with E-state index < -0.39 is 17.9 Å². The molecule has 1 aromatic carbocycles. The van der Waals surface area contributed by atoms with Gasteiger partial charge < -0.3 is 10.4 Å². The molecule has 0 bridgehead atoms. The number of aromatic amines is 1. The summed E-state index contributed by atoms with van der Waals surface area (Å²) < 4.78 is 0. The summed E-state index contributed by atoms with van der Waals surface area (Å²) in [5, 5.41) is 21.9. The molecule has 106 valence electrons. The number of rotatable bonds is 6. The number of carbonyl (C=O) groups excluding carboxylic acids is 1. The Labute approximate surface area is 115 Å². The van der Waals surface area contributed by atoms with Gasteiger partial charge in [0.05, 0.1) is 0 Å². The van der Waals surface area contributed by atoms with E-state index in [2.05, 4.69) is 20.7 Å². The highest BCUT2D eigenvalue weighted by atomic mass is 16.4. The number of fused-ring (bicyclic) bond motifs is 1. The van der Waals surface area contributed by atoms with Crippen molar-refractivity contribution in [3.8, 4) is 0 Å². The van der Waals surface area contributed by atoms with Gasteiger partial charge in [-0.05, 0) is 24.6 Å². The molecule has 0 saturated heterocycles. The minimum Gasteiger partial charge on any atom is -0.480 e. The minimum atomic E-state index is -1.02. The van der Waals surface area contributed by atoms with Crippen molar-refractivity contribution in [2.45, 2.75) is 32.2 Å². The third-order valence-corrected chi connectivity index (χ3v) is 3.03. The third-order valence-electron chi connectivity index (χ3n) is 3.03. The Hall–Kier alpha value is -2.44. The number of nitrogens with zero attached hydrogens (tertiary/aromatic N) is 2. The molecule has 0 aliphatic rings. The second-order valence-corrected chi connectivity index (χ2v) is 4.53. The molecule has 1 aromatic heterocycles. The van der Waals surface area contributed by atoms with Crippen molar-refractivity contribution in [2.24, 2.45) is 0 Å². The van der Waals surface area contributed by atoms with Gasteiger partial charge in [0, 0.05) is 5.56 Å². The molecular weight excluding hydrogens is 260 g/mol. The van der Waals surface area contributed by atoms with Gasteiger partial charge in [0.2, 0.25) is 0 Å². The number of nitrogens with one attached hydrogen (secondary N) is 2. The summed E-state index contributed by atoms with van der Waals surface area (Å²) in [5.41, 5.74) is 1.59. The van der Waals surface area contributed by atoms with Gasteiger partial charge in [0.1, 0.15) is 17.1 Å². The number of carboxylic acids is 1. The zero-order chi connectivity index (χ0) is 14.5. The molecule has 3 N–H and O–H groups in total. The van der Waals surface area contributed by atoms with Crippen LogP contribution in [-0.2, 0) is 4.79 Å². The average Bonchev–Trinajstić information content (AvgIpc) is 2.90. The fraction of sp³-hybridized carbons (Fsp3) is 0.385. The SMILES string of the molecule is CCCC[C@H](NC(=O)c1ccc2n[nH]nc2c1)C(=O)O. The minimum absolute atomic E-state index is 0.370. The van der Waals surface area contributed by atoms with Gasteiger partial charge in [0.15, 0.2) is 0 Å². The van der Waals surface area contributed by atoms with Crippen molar-refractivity contribution in [2.75, 3.05) is 0 Å². The van der Waals surface area contributed by atoms with Crippen LogP contribution in [0.25, 0.3) is 11.0 Å². The maximum absolute atomic E-state index is 12.1. The number of amides is 1. The van der Waals surface area contributed by atoms with E-state index in [0.29, 0.717) is 23.0 Å². The van der Waals surface area contributed by atoms with E-state index in [4.69, 9.17) is 5.11 Å². The van der Waals surface area contributed by atoms with Crippen LogP contribution in [0.1, 0.15) is 36.5 Å². The highest BCUT2D eigenvalue weighted by Crippen LogP contribution is 2.11. The molecule has 1 amide bonds. The smallest absolute Gasteiger partial charge is 0.326 e. The second kappa shape index (κ2) is 6.14. The lowest BCUT2D eigenvalue weighted by Gasteiger charge is -2.13. The first-order chi connectivity index (χ1) is 9.61. The summed E-state index contributed by atoms with van der Waals surface area (Å²) in [6.45, 7) is 1.97. The molecule has 0 radical (unpaired) electrons. The summed E-state index contributed by atoms with van der Waals surface area (Å²) in [5.74, 6) is -1.44. The molecule has 0 aliphatic heterocycles. The van der Waals surface area contributed by atoms with Crippen LogP contribution < -0.4 is 5.32 Å². The molecule has 0 unspecified atom stereocenters. The number of aromatic nitrogens is 3. The summed E-state index contributed by atoms with van der Waals surface area (Å²) in [4.78, 5) is 23.2. The van der Waals surface area contributed by atoms with Gasteiger partial charge >= 0.3 is 5.97 Å².